The summed E-state index contributed by atoms with van der Waals surface area (Å²) in [4.78, 5) is 12.2. The van der Waals surface area contributed by atoms with E-state index in [0.717, 1.165) is 18.5 Å². The molecule has 19 heavy (non-hydrogen) atoms. The number of esters is 1. The SMILES string of the molecule is CC(C)(C)CCOC(=O)C1CNCc2ccccc21. The Labute approximate surface area is 115 Å². The van der Waals surface area contributed by atoms with Gasteiger partial charge in [-0.05, 0) is 23.0 Å². The van der Waals surface area contributed by atoms with Crippen LogP contribution in [0.4, 0.5) is 0 Å². The van der Waals surface area contributed by atoms with Crippen molar-refractivity contribution in [3.05, 3.63) is 35.4 Å². The second kappa shape index (κ2) is 5.74. The first-order chi connectivity index (χ1) is 8.97. The molecule has 1 heterocycles. The number of hydrogen-bond acceptors (Lipinski definition) is 3. The summed E-state index contributed by atoms with van der Waals surface area (Å²) in [5.41, 5.74) is 2.51. The molecular weight excluding hydrogens is 238 g/mol. The summed E-state index contributed by atoms with van der Waals surface area (Å²) in [5, 5.41) is 3.28. The number of fused-ring (bicyclic) bond motifs is 1. The van der Waals surface area contributed by atoms with Crippen LogP contribution < -0.4 is 5.32 Å². The smallest absolute Gasteiger partial charge is 0.314 e. The predicted molar refractivity (Wildman–Crippen MR) is 75.9 cm³/mol. The van der Waals surface area contributed by atoms with Gasteiger partial charge in [0.15, 0.2) is 0 Å². The molecule has 0 saturated carbocycles. The first-order valence-electron chi connectivity index (χ1n) is 6.92. The minimum atomic E-state index is -0.162. The molecule has 0 bridgehead atoms. The average molecular weight is 261 g/mol. The Bertz CT molecular complexity index is 448. The second-order valence-corrected chi connectivity index (χ2v) is 6.36. The van der Waals surface area contributed by atoms with Crippen molar-refractivity contribution in [1.82, 2.24) is 5.32 Å². The Kier molecular flexibility index (Phi) is 4.25. The fourth-order valence-electron chi connectivity index (χ4n) is 2.26. The Hall–Kier alpha value is -1.35. The van der Waals surface area contributed by atoms with Gasteiger partial charge in [0, 0.05) is 13.1 Å². The van der Waals surface area contributed by atoms with E-state index in [4.69, 9.17) is 4.74 Å². The fourth-order valence-corrected chi connectivity index (χ4v) is 2.26. The van der Waals surface area contributed by atoms with Crippen LogP contribution in [0, 0.1) is 5.41 Å². The summed E-state index contributed by atoms with van der Waals surface area (Å²) < 4.78 is 5.44. The van der Waals surface area contributed by atoms with Crippen LogP contribution >= 0.6 is 0 Å². The van der Waals surface area contributed by atoms with Gasteiger partial charge in [-0.1, -0.05) is 45.0 Å². The molecule has 1 N–H and O–H groups in total. The van der Waals surface area contributed by atoms with Crippen LogP contribution in [0.25, 0.3) is 0 Å². The number of carbonyl (C=O) groups excluding carboxylic acids is 1. The molecule has 0 radical (unpaired) electrons. The number of nitrogens with one attached hydrogen (secondary N) is 1. The molecule has 1 aromatic rings. The summed E-state index contributed by atoms with van der Waals surface area (Å²) in [6, 6.07) is 8.09. The van der Waals surface area contributed by atoms with Crippen LogP contribution in [0.3, 0.4) is 0 Å². The molecule has 0 aliphatic carbocycles. The first kappa shape index (κ1) is 14.1. The quantitative estimate of drug-likeness (QED) is 0.850. The minimum Gasteiger partial charge on any atom is -0.465 e. The molecule has 1 atom stereocenters. The van der Waals surface area contributed by atoms with Crippen molar-refractivity contribution in [3.8, 4) is 0 Å². The van der Waals surface area contributed by atoms with Crippen molar-refractivity contribution >= 4 is 5.97 Å². The predicted octanol–water partition coefficient (Wildman–Crippen LogP) is 2.85. The van der Waals surface area contributed by atoms with Crippen molar-refractivity contribution in [1.29, 1.82) is 0 Å². The average Bonchev–Trinajstić information content (AvgIpc) is 2.36. The summed E-state index contributed by atoms with van der Waals surface area (Å²) >= 11 is 0. The van der Waals surface area contributed by atoms with Crippen molar-refractivity contribution < 1.29 is 9.53 Å². The molecule has 0 aromatic heterocycles. The standard InChI is InChI=1S/C16H23NO2/c1-16(2,3)8-9-19-15(18)14-11-17-10-12-6-4-5-7-13(12)14/h4-7,14,17H,8-11H2,1-3H3. The van der Waals surface area contributed by atoms with Crippen molar-refractivity contribution in [2.24, 2.45) is 5.41 Å². The lowest BCUT2D eigenvalue weighted by Gasteiger charge is -2.25. The zero-order valence-corrected chi connectivity index (χ0v) is 12.0. The zero-order valence-electron chi connectivity index (χ0n) is 12.0. The molecule has 3 heteroatoms. The molecule has 1 unspecified atom stereocenters. The summed E-state index contributed by atoms with van der Waals surface area (Å²) in [6.07, 6.45) is 0.889. The molecule has 0 fully saturated rings. The summed E-state index contributed by atoms with van der Waals surface area (Å²) in [5.74, 6) is -0.270. The maximum absolute atomic E-state index is 12.2. The van der Waals surface area contributed by atoms with E-state index in [-0.39, 0.29) is 17.3 Å². The van der Waals surface area contributed by atoms with E-state index < -0.39 is 0 Å². The molecule has 0 saturated heterocycles. The summed E-state index contributed by atoms with van der Waals surface area (Å²) in [7, 11) is 0. The number of carbonyl (C=O) groups is 1. The number of benzene rings is 1. The van der Waals surface area contributed by atoms with Crippen molar-refractivity contribution in [2.75, 3.05) is 13.2 Å². The third kappa shape index (κ3) is 3.80. The molecule has 2 rings (SSSR count). The van der Waals surface area contributed by atoms with E-state index in [9.17, 15) is 4.79 Å². The molecule has 1 aliphatic heterocycles. The van der Waals surface area contributed by atoms with Gasteiger partial charge < -0.3 is 10.1 Å². The second-order valence-electron chi connectivity index (χ2n) is 6.36. The van der Waals surface area contributed by atoms with Crippen LogP contribution in [0.1, 0.15) is 44.2 Å². The summed E-state index contributed by atoms with van der Waals surface area (Å²) in [6.45, 7) is 8.46. The van der Waals surface area contributed by atoms with E-state index in [1.165, 1.54) is 5.56 Å². The van der Waals surface area contributed by atoms with Crippen LogP contribution in [0.2, 0.25) is 0 Å². The van der Waals surface area contributed by atoms with Gasteiger partial charge in [0.1, 0.15) is 0 Å². The van der Waals surface area contributed by atoms with Crippen LogP contribution in [0.15, 0.2) is 24.3 Å². The molecular formula is C16H23NO2. The van der Waals surface area contributed by atoms with E-state index in [1.54, 1.807) is 0 Å². The Morgan fingerprint density at radius 2 is 2.11 bits per heavy atom. The maximum Gasteiger partial charge on any atom is 0.314 e. The highest BCUT2D eigenvalue weighted by atomic mass is 16.5. The van der Waals surface area contributed by atoms with Gasteiger partial charge in [0.05, 0.1) is 12.5 Å². The van der Waals surface area contributed by atoms with E-state index >= 15 is 0 Å². The number of rotatable bonds is 3. The topological polar surface area (TPSA) is 38.3 Å². The monoisotopic (exact) mass is 261 g/mol. The molecule has 3 nitrogen and oxygen atoms in total. The molecule has 1 aliphatic rings. The fraction of sp³-hybridized carbons (Fsp3) is 0.562. The molecule has 1 aromatic carbocycles. The van der Waals surface area contributed by atoms with Crippen molar-refractivity contribution in [3.63, 3.8) is 0 Å². The highest BCUT2D eigenvalue weighted by Gasteiger charge is 2.27. The van der Waals surface area contributed by atoms with Gasteiger partial charge >= 0.3 is 5.97 Å². The van der Waals surface area contributed by atoms with Crippen molar-refractivity contribution in [2.45, 2.75) is 39.7 Å². The van der Waals surface area contributed by atoms with Crippen LogP contribution in [-0.4, -0.2) is 19.1 Å². The van der Waals surface area contributed by atoms with Crippen LogP contribution in [0.5, 0.6) is 0 Å². The highest BCUT2D eigenvalue weighted by molar-refractivity contribution is 5.79. The van der Waals surface area contributed by atoms with E-state index in [2.05, 4.69) is 32.2 Å². The van der Waals surface area contributed by atoms with E-state index in [1.807, 2.05) is 18.2 Å². The van der Waals surface area contributed by atoms with Gasteiger partial charge in [0.25, 0.3) is 0 Å². The van der Waals surface area contributed by atoms with Gasteiger partial charge in [-0.25, -0.2) is 0 Å². The molecule has 0 spiro atoms. The lowest BCUT2D eigenvalue weighted by Crippen LogP contribution is -2.33. The first-order valence-corrected chi connectivity index (χ1v) is 6.92. The third-order valence-electron chi connectivity index (χ3n) is 3.48. The Morgan fingerprint density at radius 1 is 1.37 bits per heavy atom. The highest BCUT2D eigenvalue weighted by Crippen LogP contribution is 2.25. The largest absolute Gasteiger partial charge is 0.465 e. The third-order valence-corrected chi connectivity index (χ3v) is 3.48. The normalized spacial score (nSPS) is 18.8. The Morgan fingerprint density at radius 3 is 2.84 bits per heavy atom. The maximum atomic E-state index is 12.2. The molecule has 104 valence electrons. The molecule has 0 amide bonds. The van der Waals surface area contributed by atoms with Crippen LogP contribution in [-0.2, 0) is 16.1 Å². The zero-order chi connectivity index (χ0) is 13.9. The van der Waals surface area contributed by atoms with Gasteiger partial charge in [-0.3, -0.25) is 4.79 Å². The van der Waals surface area contributed by atoms with Gasteiger partial charge in [-0.2, -0.15) is 0 Å². The van der Waals surface area contributed by atoms with E-state index in [0.29, 0.717) is 13.2 Å². The Balaban J connectivity index is 1.97. The number of hydrogen-bond donors (Lipinski definition) is 1. The number of ether oxygens (including phenoxy) is 1. The lowest BCUT2D eigenvalue weighted by atomic mass is 9.91. The van der Waals surface area contributed by atoms with Gasteiger partial charge in [0.2, 0.25) is 0 Å². The minimum absolute atomic E-state index is 0.107. The van der Waals surface area contributed by atoms with Gasteiger partial charge in [-0.15, -0.1) is 0 Å². The lowest BCUT2D eigenvalue weighted by molar-refractivity contribution is -0.146.